The Hall–Kier alpha value is -2.04. The summed E-state index contributed by atoms with van der Waals surface area (Å²) in [6.07, 6.45) is 0.727. The third kappa shape index (κ3) is 5.23. The second kappa shape index (κ2) is 9.60. The molecule has 0 aromatic heterocycles. The van der Waals surface area contributed by atoms with Gasteiger partial charge in [-0.15, -0.1) is 0 Å². The van der Waals surface area contributed by atoms with Gasteiger partial charge in [-0.2, -0.15) is 0 Å². The van der Waals surface area contributed by atoms with E-state index in [0.29, 0.717) is 22.9 Å². The van der Waals surface area contributed by atoms with Crippen molar-refractivity contribution in [2.75, 3.05) is 7.05 Å². The number of benzene rings is 2. The summed E-state index contributed by atoms with van der Waals surface area (Å²) < 4.78 is 0. The lowest BCUT2D eigenvalue weighted by molar-refractivity contribution is -0.140. The second-order valence-electron chi connectivity index (χ2n) is 5.93. The van der Waals surface area contributed by atoms with Crippen LogP contribution in [0.2, 0.25) is 10.0 Å². The molecule has 2 aromatic rings. The standard InChI is InChI=1S/C20H22Cl2N2O2/c1-3-19(25)24(13-15-9-10-16(21)12-17(15)22)18(20(26)23-2)11-14-7-5-4-6-8-14/h4-10,12,18H,3,11,13H2,1-2H3,(H,23,26). The Balaban J connectivity index is 2.36. The fraction of sp³-hybridized carbons (Fsp3) is 0.300. The first kappa shape index (κ1) is 20.3. The summed E-state index contributed by atoms with van der Waals surface area (Å²) in [5.41, 5.74) is 1.73. The summed E-state index contributed by atoms with van der Waals surface area (Å²) in [5.74, 6) is -0.318. The fourth-order valence-corrected chi connectivity index (χ4v) is 3.23. The Morgan fingerprint density at radius 2 is 1.81 bits per heavy atom. The van der Waals surface area contributed by atoms with Crippen molar-refractivity contribution in [1.82, 2.24) is 10.2 Å². The van der Waals surface area contributed by atoms with Gasteiger partial charge in [0.05, 0.1) is 0 Å². The highest BCUT2D eigenvalue weighted by Crippen LogP contribution is 2.24. The first-order valence-electron chi connectivity index (χ1n) is 8.45. The van der Waals surface area contributed by atoms with Crippen molar-refractivity contribution in [3.05, 3.63) is 69.7 Å². The Morgan fingerprint density at radius 3 is 2.38 bits per heavy atom. The number of hydrogen-bond acceptors (Lipinski definition) is 2. The van der Waals surface area contributed by atoms with Gasteiger partial charge in [-0.05, 0) is 23.3 Å². The molecule has 1 N–H and O–H groups in total. The molecule has 6 heteroatoms. The van der Waals surface area contributed by atoms with E-state index in [2.05, 4.69) is 5.32 Å². The minimum Gasteiger partial charge on any atom is -0.357 e. The van der Waals surface area contributed by atoms with E-state index in [0.717, 1.165) is 11.1 Å². The molecule has 26 heavy (non-hydrogen) atoms. The van der Waals surface area contributed by atoms with Crippen LogP contribution in [0.1, 0.15) is 24.5 Å². The summed E-state index contributed by atoms with van der Waals surface area (Å²) in [6, 6.07) is 14.2. The van der Waals surface area contributed by atoms with Gasteiger partial charge in [0.25, 0.3) is 0 Å². The van der Waals surface area contributed by atoms with Crippen LogP contribution in [-0.4, -0.2) is 29.8 Å². The van der Waals surface area contributed by atoms with Gasteiger partial charge < -0.3 is 10.2 Å². The Bertz CT molecular complexity index is 766. The Kier molecular flexibility index (Phi) is 7.49. The van der Waals surface area contributed by atoms with Gasteiger partial charge in [0, 0.05) is 36.5 Å². The van der Waals surface area contributed by atoms with Crippen LogP contribution in [0.5, 0.6) is 0 Å². The van der Waals surface area contributed by atoms with Crippen molar-refractivity contribution in [2.24, 2.45) is 0 Å². The number of nitrogens with zero attached hydrogens (tertiary/aromatic N) is 1. The van der Waals surface area contributed by atoms with E-state index in [4.69, 9.17) is 23.2 Å². The normalized spacial score (nSPS) is 11.7. The zero-order valence-electron chi connectivity index (χ0n) is 14.8. The summed E-state index contributed by atoms with van der Waals surface area (Å²) in [4.78, 5) is 26.8. The molecule has 0 radical (unpaired) electrons. The van der Waals surface area contributed by atoms with Crippen LogP contribution in [-0.2, 0) is 22.6 Å². The van der Waals surface area contributed by atoms with Crippen LogP contribution >= 0.6 is 23.2 Å². The van der Waals surface area contributed by atoms with E-state index >= 15 is 0 Å². The second-order valence-corrected chi connectivity index (χ2v) is 6.77. The maximum Gasteiger partial charge on any atom is 0.242 e. The molecule has 2 aromatic carbocycles. The lowest BCUT2D eigenvalue weighted by atomic mass is 10.0. The number of nitrogens with one attached hydrogen (secondary N) is 1. The van der Waals surface area contributed by atoms with Crippen molar-refractivity contribution in [2.45, 2.75) is 32.4 Å². The zero-order valence-corrected chi connectivity index (χ0v) is 16.3. The number of carbonyl (C=O) groups excluding carboxylic acids is 2. The van der Waals surface area contributed by atoms with Gasteiger partial charge in [0.15, 0.2) is 0 Å². The maximum absolute atomic E-state index is 12.6. The SMILES string of the molecule is CCC(=O)N(Cc1ccc(Cl)cc1Cl)C(Cc1ccccc1)C(=O)NC. The quantitative estimate of drug-likeness (QED) is 0.771. The molecule has 1 unspecified atom stereocenters. The molecule has 4 nitrogen and oxygen atoms in total. The highest BCUT2D eigenvalue weighted by atomic mass is 35.5. The molecule has 138 valence electrons. The molecule has 0 aliphatic heterocycles. The third-order valence-corrected chi connectivity index (χ3v) is 4.76. The predicted molar refractivity (Wildman–Crippen MR) is 105 cm³/mol. The van der Waals surface area contributed by atoms with Crippen LogP contribution in [0.25, 0.3) is 0 Å². The summed E-state index contributed by atoms with van der Waals surface area (Å²) in [5, 5.41) is 3.67. The van der Waals surface area contributed by atoms with Crippen LogP contribution in [0, 0.1) is 0 Å². The van der Waals surface area contributed by atoms with Gasteiger partial charge in [-0.25, -0.2) is 0 Å². The molecular weight excluding hydrogens is 371 g/mol. The summed E-state index contributed by atoms with van der Waals surface area (Å²) >= 11 is 12.2. The maximum atomic E-state index is 12.6. The lowest BCUT2D eigenvalue weighted by Crippen LogP contribution is -2.49. The lowest BCUT2D eigenvalue weighted by Gasteiger charge is -2.31. The molecule has 0 spiro atoms. The van der Waals surface area contributed by atoms with Crippen molar-refractivity contribution >= 4 is 35.0 Å². The molecule has 0 heterocycles. The van der Waals surface area contributed by atoms with E-state index in [1.807, 2.05) is 30.3 Å². The smallest absolute Gasteiger partial charge is 0.242 e. The highest BCUT2D eigenvalue weighted by molar-refractivity contribution is 6.35. The third-order valence-electron chi connectivity index (χ3n) is 4.18. The largest absolute Gasteiger partial charge is 0.357 e. The molecule has 0 saturated heterocycles. The fourth-order valence-electron chi connectivity index (χ4n) is 2.76. The van der Waals surface area contributed by atoms with Crippen LogP contribution in [0.4, 0.5) is 0 Å². The molecule has 0 aliphatic carbocycles. The first-order valence-corrected chi connectivity index (χ1v) is 9.20. The molecule has 0 saturated carbocycles. The highest BCUT2D eigenvalue weighted by Gasteiger charge is 2.29. The minimum atomic E-state index is -0.624. The first-order chi connectivity index (χ1) is 12.5. The number of rotatable bonds is 7. The number of likely N-dealkylation sites (N-methyl/N-ethyl adjacent to an activating group) is 1. The topological polar surface area (TPSA) is 49.4 Å². The Morgan fingerprint density at radius 1 is 1.12 bits per heavy atom. The zero-order chi connectivity index (χ0) is 19.1. The van der Waals surface area contributed by atoms with Crippen LogP contribution < -0.4 is 5.32 Å². The minimum absolute atomic E-state index is 0.111. The average molecular weight is 393 g/mol. The molecule has 1 atom stereocenters. The molecule has 2 amide bonds. The monoisotopic (exact) mass is 392 g/mol. The number of hydrogen-bond donors (Lipinski definition) is 1. The Labute approximate surface area is 164 Å². The van der Waals surface area contributed by atoms with Crippen LogP contribution in [0.15, 0.2) is 48.5 Å². The van der Waals surface area contributed by atoms with E-state index in [-0.39, 0.29) is 18.4 Å². The number of halogens is 2. The van der Waals surface area contributed by atoms with Gasteiger partial charge in [0.1, 0.15) is 6.04 Å². The van der Waals surface area contributed by atoms with Crippen LogP contribution in [0.3, 0.4) is 0 Å². The molecule has 0 bridgehead atoms. The summed E-state index contributed by atoms with van der Waals surface area (Å²) in [7, 11) is 1.57. The van der Waals surface area contributed by atoms with Gasteiger partial charge in [-0.3, -0.25) is 9.59 Å². The van der Waals surface area contributed by atoms with Crippen molar-refractivity contribution in [1.29, 1.82) is 0 Å². The number of amides is 2. The molecule has 0 aliphatic rings. The van der Waals surface area contributed by atoms with Gasteiger partial charge in [0.2, 0.25) is 11.8 Å². The molecule has 2 rings (SSSR count). The van der Waals surface area contributed by atoms with E-state index < -0.39 is 6.04 Å². The van der Waals surface area contributed by atoms with Crippen molar-refractivity contribution < 1.29 is 9.59 Å². The summed E-state index contributed by atoms with van der Waals surface area (Å²) in [6.45, 7) is 2.02. The van der Waals surface area contributed by atoms with E-state index in [1.165, 1.54) is 0 Å². The number of carbonyl (C=O) groups is 2. The predicted octanol–water partition coefficient (Wildman–Crippen LogP) is 4.09. The van der Waals surface area contributed by atoms with Crippen molar-refractivity contribution in [3.63, 3.8) is 0 Å². The van der Waals surface area contributed by atoms with Crippen molar-refractivity contribution in [3.8, 4) is 0 Å². The molecule has 0 fully saturated rings. The van der Waals surface area contributed by atoms with Gasteiger partial charge in [-0.1, -0.05) is 66.5 Å². The van der Waals surface area contributed by atoms with E-state index in [9.17, 15) is 9.59 Å². The molecular formula is C20H22Cl2N2O2. The average Bonchev–Trinajstić information content (AvgIpc) is 2.65. The van der Waals surface area contributed by atoms with E-state index in [1.54, 1.807) is 37.1 Å². The van der Waals surface area contributed by atoms with Gasteiger partial charge >= 0.3 is 0 Å².